The maximum absolute atomic E-state index is 11.5. The lowest BCUT2D eigenvalue weighted by atomic mass is 10.0. The minimum atomic E-state index is -1.08. The smallest absolute Gasteiger partial charge is 0.339 e. The fourth-order valence-electron chi connectivity index (χ4n) is 4.15. The van der Waals surface area contributed by atoms with Crippen molar-refractivity contribution in [2.75, 3.05) is 6.61 Å². The Kier molecular flexibility index (Phi) is 8.87. The number of ether oxygens (including phenoxy) is 2. The Morgan fingerprint density at radius 2 is 1.76 bits per heavy atom. The second-order valence-electron chi connectivity index (χ2n) is 9.10. The van der Waals surface area contributed by atoms with Crippen LogP contribution in [0.5, 0.6) is 11.5 Å². The van der Waals surface area contributed by atoms with Gasteiger partial charge in [0.1, 0.15) is 29.4 Å². The first kappa shape index (κ1) is 27.8. The summed E-state index contributed by atoms with van der Waals surface area (Å²) in [6, 6.07) is 15.8. The molecule has 6 nitrogen and oxygen atoms in total. The van der Waals surface area contributed by atoms with Gasteiger partial charge < -0.3 is 14.6 Å². The van der Waals surface area contributed by atoms with Crippen molar-refractivity contribution in [3.05, 3.63) is 104 Å². The second kappa shape index (κ2) is 12.1. The number of aryl methyl sites for hydroxylation is 1. The van der Waals surface area contributed by atoms with Gasteiger partial charge in [-0.15, -0.1) is 0 Å². The van der Waals surface area contributed by atoms with E-state index in [1.807, 2.05) is 31.3 Å². The molecule has 1 aromatic heterocycles. The molecular formula is C29H27Cl3N2O4. The van der Waals surface area contributed by atoms with Crippen molar-refractivity contribution in [2.45, 2.75) is 39.7 Å². The Balaban J connectivity index is 1.46. The molecular weight excluding hydrogens is 547 g/mol. The number of benzene rings is 3. The molecule has 0 bridgehead atoms. The van der Waals surface area contributed by atoms with Gasteiger partial charge in [-0.3, -0.25) is 0 Å². The summed E-state index contributed by atoms with van der Waals surface area (Å²) in [4.78, 5) is 11.5. The van der Waals surface area contributed by atoms with E-state index in [0.29, 0.717) is 39.5 Å². The lowest BCUT2D eigenvalue weighted by Crippen LogP contribution is -2.10. The molecule has 0 fully saturated rings. The molecule has 38 heavy (non-hydrogen) atoms. The molecule has 0 atom stereocenters. The number of carboxylic acids is 1. The minimum absolute atomic E-state index is 0.0380. The maximum atomic E-state index is 11.5. The number of aromatic carboxylic acids is 1. The number of aromatic nitrogens is 2. The molecule has 0 saturated carbocycles. The van der Waals surface area contributed by atoms with Crippen molar-refractivity contribution >= 4 is 40.8 Å². The molecule has 0 radical (unpaired) electrons. The number of halogens is 3. The van der Waals surface area contributed by atoms with E-state index in [2.05, 4.69) is 18.9 Å². The Morgan fingerprint density at radius 3 is 2.42 bits per heavy atom. The van der Waals surface area contributed by atoms with E-state index in [4.69, 9.17) is 44.3 Å². The van der Waals surface area contributed by atoms with Crippen LogP contribution in [0.2, 0.25) is 15.1 Å². The Hall–Kier alpha value is -3.19. The predicted molar refractivity (Wildman–Crippen MR) is 151 cm³/mol. The Bertz CT molecular complexity index is 1450. The van der Waals surface area contributed by atoms with Crippen LogP contribution in [0.4, 0.5) is 0 Å². The van der Waals surface area contributed by atoms with Crippen molar-refractivity contribution in [3.8, 4) is 17.2 Å². The molecule has 1 N–H and O–H groups in total. The van der Waals surface area contributed by atoms with Gasteiger partial charge in [-0.05, 0) is 72.0 Å². The second-order valence-corrected chi connectivity index (χ2v) is 10.4. The summed E-state index contributed by atoms with van der Waals surface area (Å²) in [5, 5.41) is 15.3. The standard InChI is InChI=1S/C29H27Cl3N2O4/c1-17(2)23-15-33-34(28-24(31)5-4-6-25(28)32)26(23)16-38-21-9-7-19(18(3)13-21)11-12-37-27-10-8-20(30)14-22(27)29(35)36/h4-10,13-15,17H,11-12,16H2,1-3H3,(H,35,36). The van der Waals surface area contributed by atoms with Crippen molar-refractivity contribution < 1.29 is 19.4 Å². The highest BCUT2D eigenvalue weighted by Gasteiger charge is 2.19. The Labute approximate surface area is 236 Å². The van der Waals surface area contributed by atoms with E-state index in [1.54, 1.807) is 35.0 Å². The van der Waals surface area contributed by atoms with E-state index in [9.17, 15) is 9.90 Å². The number of carbonyl (C=O) groups is 1. The van der Waals surface area contributed by atoms with Crippen molar-refractivity contribution in [1.29, 1.82) is 0 Å². The van der Waals surface area contributed by atoms with E-state index in [-0.39, 0.29) is 23.8 Å². The first-order valence-electron chi connectivity index (χ1n) is 12.0. The van der Waals surface area contributed by atoms with Crippen LogP contribution in [0.15, 0.2) is 60.8 Å². The zero-order valence-corrected chi connectivity index (χ0v) is 23.4. The lowest BCUT2D eigenvalue weighted by molar-refractivity contribution is 0.0692. The summed E-state index contributed by atoms with van der Waals surface area (Å²) in [6.45, 7) is 6.80. The summed E-state index contributed by atoms with van der Waals surface area (Å²) in [5.74, 6) is 0.149. The zero-order chi connectivity index (χ0) is 27.4. The molecule has 0 aliphatic carbocycles. The number of para-hydroxylation sites is 1. The Morgan fingerprint density at radius 1 is 1.03 bits per heavy atom. The summed E-state index contributed by atoms with van der Waals surface area (Å²) in [6.07, 6.45) is 2.43. The average molecular weight is 574 g/mol. The SMILES string of the molecule is Cc1cc(OCc2c(C(C)C)cnn2-c2c(Cl)cccc2Cl)ccc1CCOc1ccc(Cl)cc1C(=O)O. The van der Waals surface area contributed by atoms with Crippen LogP contribution in [-0.2, 0) is 13.0 Å². The van der Waals surface area contributed by atoms with Crippen LogP contribution in [-0.4, -0.2) is 27.5 Å². The summed E-state index contributed by atoms with van der Waals surface area (Å²) in [7, 11) is 0. The van der Waals surface area contributed by atoms with Gasteiger partial charge in [0.2, 0.25) is 0 Å². The topological polar surface area (TPSA) is 73.6 Å². The normalized spacial score (nSPS) is 11.1. The molecule has 198 valence electrons. The molecule has 0 unspecified atom stereocenters. The van der Waals surface area contributed by atoms with Gasteiger partial charge in [0.05, 0.1) is 28.5 Å². The molecule has 0 amide bonds. The fourth-order valence-corrected chi connectivity index (χ4v) is 4.88. The molecule has 3 aromatic carbocycles. The molecule has 4 rings (SSSR count). The quantitative estimate of drug-likeness (QED) is 0.207. The third-order valence-electron chi connectivity index (χ3n) is 6.16. The molecule has 0 aliphatic heterocycles. The summed E-state index contributed by atoms with van der Waals surface area (Å²) in [5.41, 5.74) is 4.69. The molecule has 9 heteroatoms. The van der Waals surface area contributed by atoms with Crippen LogP contribution in [0.1, 0.15) is 52.5 Å². The van der Waals surface area contributed by atoms with Crippen molar-refractivity contribution in [1.82, 2.24) is 9.78 Å². The van der Waals surface area contributed by atoms with E-state index in [1.165, 1.54) is 6.07 Å². The van der Waals surface area contributed by atoms with Gasteiger partial charge in [-0.1, -0.05) is 60.8 Å². The number of nitrogens with zero attached hydrogens (tertiary/aromatic N) is 2. The first-order valence-corrected chi connectivity index (χ1v) is 13.2. The van der Waals surface area contributed by atoms with Gasteiger partial charge in [0.15, 0.2) is 0 Å². The lowest BCUT2D eigenvalue weighted by Gasteiger charge is -2.16. The average Bonchev–Trinajstić information content (AvgIpc) is 3.28. The monoisotopic (exact) mass is 572 g/mol. The third kappa shape index (κ3) is 6.26. The number of rotatable bonds is 10. The first-order chi connectivity index (χ1) is 18.2. The van der Waals surface area contributed by atoms with Crippen molar-refractivity contribution in [2.24, 2.45) is 0 Å². The van der Waals surface area contributed by atoms with Crippen molar-refractivity contribution in [3.63, 3.8) is 0 Å². The molecule has 0 saturated heterocycles. The number of hydrogen-bond donors (Lipinski definition) is 1. The number of hydrogen-bond acceptors (Lipinski definition) is 4. The van der Waals surface area contributed by atoms with Crippen LogP contribution in [0, 0.1) is 6.92 Å². The summed E-state index contributed by atoms with van der Waals surface area (Å²) >= 11 is 18.8. The molecule has 0 aliphatic rings. The van der Waals surface area contributed by atoms with Crippen LogP contribution in [0.3, 0.4) is 0 Å². The maximum Gasteiger partial charge on any atom is 0.339 e. The minimum Gasteiger partial charge on any atom is -0.492 e. The van der Waals surface area contributed by atoms with Gasteiger partial charge in [0.25, 0.3) is 0 Å². The summed E-state index contributed by atoms with van der Waals surface area (Å²) < 4.78 is 13.7. The van der Waals surface area contributed by atoms with E-state index < -0.39 is 5.97 Å². The van der Waals surface area contributed by atoms with E-state index >= 15 is 0 Å². The zero-order valence-electron chi connectivity index (χ0n) is 21.2. The van der Waals surface area contributed by atoms with Gasteiger partial charge in [-0.25, -0.2) is 9.48 Å². The highest BCUT2D eigenvalue weighted by atomic mass is 35.5. The van der Waals surface area contributed by atoms with E-state index in [0.717, 1.165) is 22.4 Å². The van der Waals surface area contributed by atoms with Crippen LogP contribution < -0.4 is 9.47 Å². The third-order valence-corrected chi connectivity index (χ3v) is 7.01. The number of carboxylic acid groups (broad SMARTS) is 1. The fraction of sp³-hybridized carbons (Fsp3) is 0.241. The molecule has 1 heterocycles. The highest BCUT2D eigenvalue weighted by molar-refractivity contribution is 6.37. The van der Waals surface area contributed by atoms with Gasteiger partial charge in [0, 0.05) is 11.4 Å². The highest BCUT2D eigenvalue weighted by Crippen LogP contribution is 2.32. The largest absolute Gasteiger partial charge is 0.492 e. The predicted octanol–water partition coefficient (Wildman–Crippen LogP) is 8.16. The van der Waals surface area contributed by atoms with Crippen LogP contribution >= 0.6 is 34.8 Å². The molecule has 0 spiro atoms. The van der Waals surface area contributed by atoms with Gasteiger partial charge in [-0.2, -0.15) is 5.10 Å². The van der Waals surface area contributed by atoms with Gasteiger partial charge >= 0.3 is 5.97 Å². The van der Waals surface area contributed by atoms with Crippen LogP contribution in [0.25, 0.3) is 5.69 Å². The molecule has 4 aromatic rings.